The number of rotatable bonds is 5. The second-order valence-corrected chi connectivity index (χ2v) is 6.50. The summed E-state index contributed by atoms with van der Waals surface area (Å²) >= 11 is 0. The molecule has 1 aliphatic rings. The zero-order chi connectivity index (χ0) is 15.5. The zero-order valence-corrected chi connectivity index (χ0v) is 12.9. The first-order chi connectivity index (χ1) is 9.82. The quantitative estimate of drug-likeness (QED) is 0.873. The van der Waals surface area contributed by atoms with Crippen LogP contribution in [0, 0.1) is 0 Å². The van der Waals surface area contributed by atoms with Gasteiger partial charge in [0.2, 0.25) is 5.91 Å². The minimum absolute atomic E-state index is 0.0175. The second kappa shape index (κ2) is 6.16. The fourth-order valence-corrected chi connectivity index (χ4v) is 3.05. The molecule has 0 heterocycles. The number of amides is 1. The Morgan fingerprint density at radius 3 is 2.43 bits per heavy atom. The lowest BCUT2D eigenvalue weighted by Gasteiger charge is -2.31. The van der Waals surface area contributed by atoms with Crippen molar-refractivity contribution in [1.29, 1.82) is 0 Å². The number of carbonyl (C=O) groups is 1. The van der Waals surface area contributed by atoms with E-state index in [2.05, 4.69) is 0 Å². The Morgan fingerprint density at radius 2 is 1.86 bits per heavy atom. The molecular formula is C17H25NO3. The van der Waals surface area contributed by atoms with Gasteiger partial charge in [-0.1, -0.05) is 43.2 Å². The van der Waals surface area contributed by atoms with Gasteiger partial charge in [-0.15, -0.1) is 0 Å². The zero-order valence-electron chi connectivity index (χ0n) is 12.9. The second-order valence-electron chi connectivity index (χ2n) is 6.50. The molecule has 0 saturated heterocycles. The van der Waals surface area contributed by atoms with Crippen LogP contribution in [0.1, 0.15) is 44.6 Å². The molecule has 0 aromatic heterocycles. The normalized spacial score (nSPS) is 20.0. The van der Waals surface area contributed by atoms with Crippen LogP contribution in [0.25, 0.3) is 0 Å². The van der Waals surface area contributed by atoms with Crippen LogP contribution in [0.4, 0.5) is 0 Å². The van der Waals surface area contributed by atoms with Gasteiger partial charge in [0, 0.05) is 13.6 Å². The minimum Gasteiger partial charge on any atom is -0.388 e. The highest BCUT2D eigenvalue weighted by molar-refractivity contribution is 5.77. The van der Waals surface area contributed by atoms with E-state index in [1.54, 1.807) is 18.9 Å². The van der Waals surface area contributed by atoms with E-state index in [9.17, 15) is 15.0 Å². The molecule has 1 unspecified atom stereocenters. The molecular weight excluding hydrogens is 266 g/mol. The lowest BCUT2D eigenvalue weighted by molar-refractivity contribution is -0.138. The van der Waals surface area contributed by atoms with E-state index < -0.39 is 11.2 Å². The van der Waals surface area contributed by atoms with Crippen LogP contribution in [-0.4, -0.2) is 40.2 Å². The van der Waals surface area contributed by atoms with Gasteiger partial charge in [-0.25, -0.2) is 0 Å². The van der Waals surface area contributed by atoms with E-state index in [4.69, 9.17) is 0 Å². The predicted octanol–water partition coefficient (Wildman–Crippen LogP) is 2.05. The summed E-state index contributed by atoms with van der Waals surface area (Å²) in [7, 11) is 1.69. The number of hydrogen-bond acceptors (Lipinski definition) is 3. The molecule has 0 bridgehead atoms. The van der Waals surface area contributed by atoms with E-state index in [1.165, 1.54) is 0 Å². The summed E-state index contributed by atoms with van der Waals surface area (Å²) in [4.78, 5) is 13.9. The van der Waals surface area contributed by atoms with Gasteiger partial charge in [-0.05, 0) is 25.3 Å². The number of benzene rings is 1. The smallest absolute Gasteiger partial charge is 0.225 e. The van der Waals surface area contributed by atoms with Crippen LogP contribution in [-0.2, 0) is 10.4 Å². The Hall–Kier alpha value is -1.39. The van der Waals surface area contributed by atoms with Gasteiger partial charge in [0.25, 0.3) is 0 Å². The number of hydrogen-bond donors (Lipinski definition) is 2. The van der Waals surface area contributed by atoms with Gasteiger partial charge >= 0.3 is 0 Å². The molecule has 1 atom stereocenters. The van der Waals surface area contributed by atoms with Gasteiger partial charge in [-0.2, -0.15) is 0 Å². The summed E-state index contributed by atoms with van der Waals surface area (Å²) < 4.78 is 0. The summed E-state index contributed by atoms with van der Waals surface area (Å²) in [5.41, 5.74) is -1.21. The van der Waals surface area contributed by atoms with Gasteiger partial charge in [0.05, 0.1) is 17.6 Å². The largest absolute Gasteiger partial charge is 0.388 e. The van der Waals surface area contributed by atoms with E-state index in [1.807, 2.05) is 30.3 Å². The minimum atomic E-state index is -1.19. The third kappa shape index (κ3) is 4.05. The summed E-state index contributed by atoms with van der Waals surface area (Å²) in [6.45, 7) is 2.00. The average molecular weight is 291 g/mol. The number of aliphatic hydroxyl groups is 2. The predicted molar refractivity (Wildman–Crippen MR) is 81.7 cm³/mol. The molecule has 1 amide bonds. The van der Waals surface area contributed by atoms with Crippen LogP contribution in [0.5, 0.6) is 0 Å². The molecule has 1 aromatic rings. The number of nitrogens with zero attached hydrogens (tertiary/aromatic N) is 1. The standard InChI is InChI=1S/C17H25NO3/c1-16(20,14-8-4-3-5-9-14)12-15(19)18(2)13-17(21)10-6-7-11-17/h3-5,8-9,20-21H,6-7,10-13H2,1-2H3. The van der Waals surface area contributed by atoms with Crippen LogP contribution in [0.15, 0.2) is 30.3 Å². The summed E-state index contributed by atoms with van der Waals surface area (Å²) in [6, 6.07) is 9.21. The first-order valence-electron chi connectivity index (χ1n) is 7.57. The van der Waals surface area contributed by atoms with Crippen LogP contribution < -0.4 is 0 Å². The van der Waals surface area contributed by atoms with Crippen molar-refractivity contribution in [3.05, 3.63) is 35.9 Å². The Morgan fingerprint density at radius 1 is 1.29 bits per heavy atom. The maximum atomic E-state index is 12.3. The van der Waals surface area contributed by atoms with Crippen LogP contribution in [0.3, 0.4) is 0 Å². The summed E-state index contributed by atoms with van der Waals surface area (Å²) in [5, 5.41) is 20.9. The Balaban J connectivity index is 1.97. The monoisotopic (exact) mass is 291 g/mol. The van der Waals surface area contributed by atoms with Gasteiger partial charge in [-0.3, -0.25) is 4.79 Å². The highest BCUT2D eigenvalue weighted by Crippen LogP contribution is 2.31. The van der Waals surface area contributed by atoms with Crippen molar-refractivity contribution in [2.75, 3.05) is 13.6 Å². The fraction of sp³-hybridized carbons (Fsp3) is 0.588. The van der Waals surface area contributed by atoms with E-state index >= 15 is 0 Å². The summed E-state index contributed by atoms with van der Waals surface area (Å²) in [6.07, 6.45) is 3.55. The maximum Gasteiger partial charge on any atom is 0.225 e. The van der Waals surface area contributed by atoms with Crippen LogP contribution in [0.2, 0.25) is 0 Å². The highest BCUT2D eigenvalue weighted by Gasteiger charge is 2.35. The highest BCUT2D eigenvalue weighted by atomic mass is 16.3. The maximum absolute atomic E-state index is 12.3. The SMILES string of the molecule is CN(CC1(O)CCCC1)C(=O)CC(C)(O)c1ccccc1. The van der Waals surface area contributed by atoms with Crippen molar-refractivity contribution in [3.8, 4) is 0 Å². The van der Waals surface area contributed by atoms with Gasteiger partial charge < -0.3 is 15.1 Å². The van der Waals surface area contributed by atoms with Crippen molar-refractivity contribution in [2.24, 2.45) is 0 Å². The lowest BCUT2D eigenvalue weighted by Crippen LogP contribution is -2.43. The molecule has 2 N–H and O–H groups in total. The first-order valence-corrected chi connectivity index (χ1v) is 7.57. The first kappa shape index (κ1) is 16.0. The molecule has 2 rings (SSSR count). The molecule has 0 radical (unpaired) electrons. The topological polar surface area (TPSA) is 60.8 Å². The van der Waals surface area contributed by atoms with Gasteiger partial charge in [0.1, 0.15) is 0 Å². The van der Waals surface area contributed by atoms with Crippen molar-refractivity contribution < 1.29 is 15.0 Å². The average Bonchev–Trinajstić information content (AvgIpc) is 2.85. The lowest BCUT2D eigenvalue weighted by atomic mass is 9.91. The molecule has 0 aliphatic heterocycles. The van der Waals surface area contributed by atoms with Crippen molar-refractivity contribution in [3.63, 3.8) is 0 Å². The van der Waals surface area contributed by atoms with Gasteiger partial charge in [0.15, 0.2) is 0 Å². The third-order valence-corrected chi connectivity index (χ3v) is 4.38. The molecule has 1 aromatic carbocycles. The fourth-order valence-electron chi connectivity index (χ4n) is 3.05. The Labute approximate surface area is 126 Å². The summed E-state index contributed by atoms with van der Waals surface area (Å²) in [5.74, 6) is -0.149. The Kier molecular flexibility index (Phi) is 4.69. The Bertz CT molecular complexity index is 478. The van der Waals surface area contributed by atoms with E-state index in [0.717, 1.165) is 31.2 Å². The molecule has 1 aliphatic carbocycles. The van der Waals surface area contributed by atoms with E-state index in [-0.39, 0.29) is 12.3 Å². The van der Waals surface area contributed by atoms with Crippen molar-refractivity contribution in [1.82, 2.24) is 4.90 Å². The number of carbonyl (C=O) groups excluding carboxylic acids is 1. The van der Waals surface area contributed by atoms with Crippen molar-refractivity contribution >= 4 is 5.91 Å². The molecule has 1 fully saturated rings. The van der Waals surface area contributed by atoms with E-state index in [0.29, 0.717) is 6.54 Å². The van der Waals surface area contributed by atoms with Crippen molar-refractivity contribution in [2.45, 2.75) is 50.2 Å². The molecule has 1 saturated carbocycles. The van der Waals surface area contributed by atoms with Crippen LogP contribution >= 0.6 is 0 Å². The number of likely N-dealkylation sites (N-methyl/N-ethyl adjacent to an activating group) is 1. The molecule has 116 valence electrons. The third-order valence-electron chi connectivity index (χ3n) is 4.38. The molecule has 0 spiro atoms. The molecule has 4 heteroatoms. The molecule has 21 heavy (non-hydrogen) atoms. The molecule has 4 nitrogen and oxygen atoms in total.